The Bertz CT molecular complexity index is 614. The fraction of sp³-hybridized carbons (Fsp3) is 0.667. The van der Waals surface area contributed by atoms with E-state index in [9.17, 15) is 4.39 Å². The van der Waals surface area contributed by atoms with E-state index in [-0.39, 0.29) is 5.82 Å². The first-order valence-corrected chi connectivity index (χ1v) is 10.4. The van der Waals surface area contributed by atoms with Gasteiger partial charge >= 0.3 is 0 Å². The minimum atomic E-state index is -0.178. The minimum absolute atomic E-state index is 0.178. The van der Waals surface area contributed by atoms with Crippen LogP contribution in [0.2, 0.25) is 0 Å². The van der Waals surface area contributed by atoms with E-state index in [1.54, 1.807) is 19.2 Å². The van der Waals surface area contributed by atoms with Crippen molar-refractivity contribution >= 4 is 11.6 Å². The van der Waals surface area contributed by atoms with Gasteiger partial charge in [0, 0.05) is 58.2 Å². The summed E-state index contributed by atoms with van der Waals surface area (Å²) in [6.07, 6.45) is 5.33. The van der Waals surface area contributed by atoms with Crippen molar-refractivity contribution in [3.8, 4) is 0 Å². The van der Waals surface area contributed by atoms with Gasteiger partial charge in [-0.05, 0) is 50.3 Å². The number of nitrogens with zero attached hydrogens (tertiary/aromatic N) is 2. The topological polar surface area (TPSA) is 58.1 Å². The maximum absolute atomic E-state index is 13.4. The molecule has 2 saturated heterocycles. The second kappa shape index (κ2) is 11.2. The van der Waals surface area contributed by atoms with E-state index in [2.05, 4.69) is 20.5 Å². The lowest BCUT2D eigenvalue weighted by molar-refractivity contribution is -0.0320. The third kappa shape index (κ3) is 6.63. The number of ether oxygens (including phenoxy) is 2. The average molecular weight is 393 g/mol. The van der Waals surface area contributed by atoms with Gasteiger partial charge in [0.05, 0.1) is 6.10 Å². The van der Waals surface area contributed by atoms with Crippen LogP contribution in [0.3, 0.4) is 0 Å². The molecule has 28 heavy (non-hydrogen) atoms. The molecule has 6 nitrogen and oxygen atoms in total. The van der Waals surface area contributed by atoms with Crippen LogP contribution in [0, 0.1) is 5.82 Å². The van der Waals surface area contributed by atoms with E-state index < -0.39 is 0 Å². The van der Waals surface area contributed by atoms with Crippen molar-refractivity contribution in [1.82, 2.24) is 10.6 Å². The molecule has 1 aromatic carbocycles. The fourth-order valence-corrected chi connectivity index (χ4v) is 3.71. The summed E-state index contributed by atoms with van der Waals surface area (Å²) in [6.45, 7) is 5.06. The van der Waals surface area contributed by atoms with Crippen LogP contribution >= 0.6 is 0 Å². The van der Waals surface area contributed by atoms with Crippen molar-refractivity contribution in [1.29, 1.82) is 0 Å². The summed E-state index contributed by atoms with van der Waals surface area (Å²) in [5, 5.41) is 6.89. The van der Waals surface area contributed by atoms with Crippen LogP contribution in [0.5, 0.6) is 0 Å². The Balaban J connectivity index is 1.30. The van der Waals surface area contributed by atoms with Crippen molar-refractivity contribution in [2.24, 2.45) is 4.99 Å². The van der Waals surface area contributed by atoms with Gasteiger partial charge in [-0.3, -0.25) is 4.99 Å². The molecule has 3 rings (SSSR count). The summed E-state index contributed by atoms with van der Waals surface area (Å²) < 4.78 is 24.7. The summed E-state index contributed by atoms with van der Waals surface area (Å²) in [6, 6.07) is 7.22. The minimum Gasteiger partial charge on any atom is -0.381 e. The molecule has 2 fully saturated rings. The van der Waals surface area contributed by atoms with Crippen LogP contribution in [0.4, 0.5) is 10.1 Å². The predicted molar refractivity (Wildman–Crippen MR) is 111 cm³/mol. The highest BCUT2D eigenvalue weighted by molar-refractivity contribution is 5.79. The zero-order valence-corrected chi connectivity index (χ0v) is 16.8. The van der Waals surface area contributed by atoms with E-state index in [1.165, 1.54) is 6.07 Å². The van der Waals surface area contributed by atoms with Crippen molar-refractivity contribution < 1.29 is 13.9 Å². The standard InChI is InChI=1S/C21H33FN4O2/c1-23-21(24-10-3-13-28-20-8-14-27-15-9-20)25-18-6-11-26(12-7-18)19-5-2-4-17(22)16-19/h2,4-5,16,18,20H,3,6-15H2,1H3,(H2,23,24,25). The second-order valence-electron chi connectivity index (χ2n) is 7.42. The van der Waals surface area contributed by atoms with E-state index in [1.807, 2.05) is 6.07 Å². The first kappa shape index (κ1) is 20.9. The number of hydrogen-bond donors (Lipinski definition) is 2. The van der Waals surface area contributed by atoms with Crippen molar-refractivity contribution in [3.05, 3.63) is 30.1 Å². The monoisotopic (exact) mass is 392 g/mol. The maximum atomic E-state index is 13.4. The number of guanidine groups is 1. The number of nitrogens with one attached hydrogen (secondary N) is 2. The molecular formula is C21H33FN4O2. The van der Waals surface area contributed by atoms with E-state index in [4.69, 9.17) is 9.47 Å². The summed E-state index contributed by atoms with van der Waals surface area (Å²) in [7, 11) is 1.80. The zero-order valence-electron chi connectivity index (χ0n) is 16.8. The first-order valence-electron chi connectivity index (χ1n) is 10.4. The van der Waals surface area contributed by atoms with Gasteiger partial charge in [-0.2, -0.15) is 0 Å². The molecule has 0 saturated carbocycles. The van der Waals surface area contributed by atoms with Crippen LogP contribution in [0.15, 0.2) is 29.3 Å². The molecule has 2 N–H and O–H groups in total. The molecule has 2 aliphatic heterocycles. The summed E-state index contributed by atoms with van der Waals surface area (Å²) >= 11 is 0. The Hall–Kier alpha value is -1.86. The zero-order chi connectivity index (χ0) is 19.6. The molecule has 0 radical (unpaired) electrons. The van der Waals surface area contributed by atoms with Gasteiger partial charge in [-0.25, -0.2) is 4.39 Å². The highest BCUT2D eigenvalue weighted by Crippen LogP contribution is 2.20. The van der Waals surface area contributed by atoms with Crippen LogP contribution in [-0.2, 0) is 9.47 Å². The Kier molecular flexibility index (Phi) is 8.36. The molecule has 0 unspecified atom stereocenters. The number of rotatable bonds is 7. The Morgan fingerprint density at radius 1 is 1.25 bits per heavy atom. The highest BCUT2D eigenvalue weighted by Gasteiger charge is 2.20. The van der Waals surface area contributed by atoms with Crippen molar-refractivity contribution in [2.75, 3.05) is 51.4 Å². The number of hydrogen-bond acceptors (Lipinski definition) is 4. The number of anilines is 1. The van der Waals surface area contributed by atoms with Gasteiger partial charge in [0.1, 0.15) is 5.82 Å². The molecule has 0 aromatic heterocycles. The van der Waals surface area contributed by atoms with Gasteiger partial charge in [0.25, 0.3) is 0 Å². The molecule has 0 spiro atoms. The SMILES string of the molecule is CN=C(NCCCOC1CCOCC1)NC1CCN(c2cccc(F)c2)CC1. The summed E-state index contributed by atoms with van der Waals surface area (Å²) in [5.41, 5.74) is 0.963. The molecule has 2 heterocycles. The van der Waals surface area contributed by atoms with Crippen LogP contribution in [-0.4, -0.2) is 64.6 Å². The number of aliphatic imine (C=N–C) groups is 1. The number of halogens is 1. The van der Waals surface area contributed by atoms with Crippen molar-refractivity contribution in [3.63, 3.8) is 0 Å². The molecular weight excluding hydrogens is 359 g/mol. The van der Waals surface area contributed by atoms with E-state index in [0.29, 0.717) is 12.1 Å². The Morgan fingerprint density at radius 2 is 2.04 bits per heavy atom. The third-order valence-corrected chi connectivity index (χ3v) is 5.37. The van der Waals surface area contributed by atoms with Crippen molar-refractivity contribution in [2.45, 2.75) is 44.2 Å². The van der Waals surface area contributed by atoms with E-state index >= 15 is 0 Å². The van der Waals surface area contributed by atoms with Gasteiger partial charge in [0.15, 0.2) is 5.96 Å². The molecule has 0 aliphatic carbocycles. The van der Waals surface area contributed by atoms with Gasteiger partial charge in [-0.15, -0.1) is 0 Å². The molecule has 1 aromatic rings. The third-order valence-electron chi connectivity index (χ3n) is 5.37. The lowest BCUT2D eigenvalue weighted by atomic mass is 10.0. The molecule has 0 amide bonds. The number of piperidine rings is 1. The second-order valence-corrected chi connectivity index (χ2v) is 7.42. The molecule has 0 atom stereocenters. The predicted octanol–water partition coefficient (Wildman–Crippen LogP) is 2.55. The van der Waals surface area contributed by atoms with Gasteiger partial charge in [0.2, 0.25) is 0 Å². The van der Waals surface area contributed by atoms with Gasteiger partial charge in [-0.1, -0.05) is 6.07 Å². The van der Waals surface area contributed by atoms with Crippen LogP contribution in [0.25, 0.3) is 0 Å². The first-order chi connectivity index (χ1) is 13.7. The molecule has 7 heteroatoms. The molecule has 2 aliphatic rings. The molecule has 0 bridgehead atoms. The van der Waals surface area contributed by atoms with Crippen LogP contribution in [0.1, 0.15) is 32.1 Å². The largest absolute Gasteiger partial charge is 0.381 e. The van der Waals surface area contributed by atoms with Crippen LogP contribution < -0.4 is 15.5 Å². The normalized spacial score (nSPS) is 19.6. The summed E-state index contributed by atoms with van der Waals surface area (Å²) in [4.78, 5) is 6.57. The average Bonchev–Trinajstić information content (AvgIpc) is 2.74. The summed E-state index contributed by atoms with van der Waals surface area (Å²) in [5.74, 6) is 0.665. The quantitative estimate of drug-likeness (QED) is 0.424. The lowest BCUT2D eigenvalue weighted by Gasteiger charge is -2.34. The number of benzene rings is 1. The fourth-order valence-electron chi connectivity index (χ4n) is 3.71. The lowest BCUT2D eigenvalue weighted by Crippen LogP contribution is -2.49. The highest BCUT2D eigenvalue weighted by atomic mass is 19.1. The Morgan fingerprint density at radius 3 is 2.75 bits per heavy atom. The molecule has 156 valence electrons. The Labute approximate surface area is 167 Å². The van der Waals surface area contributed by atoms with E-state index in [0.717, 1.165) is 83.2 Å². The van der Waals surface area contributed by atoms with Gasteiger partial charge < -0.3 is 25.0 Å². The maximum Gasteiger partial charge on any atom is 0.191 e. The smallest absolute Gasteiger partial charge is 0.191 e.